The summed E-state index contributed by atoms with van der Waals surface area (Å²) < 4.78 is 33.9. The van der Waals surface area contributed by atoms with Crippen LogP contribution in [0.1, 0.15) is 27.4 Å². The van der Waals surface area contributed by atoms with Crippen LogP contribution in [0.25, 0.3) is 22.1 Å². The standard InChI is InChI=1S/C25H22N6O.C2HF3O2/c1-17-27-24-23(31(17)15-18-8-4-3-5-9-18)21-14-19(11-12-22(21)28-29-24)25(32)30(2)16-20-10-6-7-13-26-20;3-2(4,5)1(6)7/h3-14H,15-16H2,1-2H3;(H,6,7). The molecule has 3 heterocycles. The fourth-order valence-corrected chi connectivity index (χ4v) is 3.92. The quantitative estimate of drug-likeness (QED) is 0.348. The Morgan fingerprint density at radius 2 is 1.69 bits per heavy atom. The zero-order valence-electron chi connectivity index (χ0n) is 20.9. The summed E-state index contributed by atoms with van der Waals surface area (Å²) in [6.07, 6.45) is -3.35. The van der Waals surface area contributed by atoms with Crippen molar-refractivity contribution in [2.45, 2.75) is 26.2 Å². The van der Waals surface area contributed by atoms with Crippen LogP contribution in [0.3, 0.4) is 0 Å². The molecule has 0 bridgehead atoms. The number of aryl methyl sites for hydroxylation is 1. The molecule has 0 spiro atoms. The maximum Gasteiger partial charge on any atom is 0.490 e. The molecule has 2 aromatic carbocycles. The van der Waals surface area contributed by atoms with E-state index in [1.54, 1.807) is 24.2 Å². The number of rotatable bonds is 5. The van der Waals surface area contributed by atoms with Gasteiger partial charge in [0.2, 0.25) is 5.65 Å². The minimum atomic E-state index is -5.08. The number of pyridine rings is 1. The first-order valence-corrected chi connectivity index (χ1v) is 11.7. The number of aromatic nitrogens is 5. The number of alkyl halides is 3. The van der Waals surface area contributed by atoms with Crippen LogP contribution in [0.5, 0.6) is 0 Å². The van der Waals surface area contributed by atoms with Gasteiger partial charge in [0.05, 0.1) is 23.3 Å². The number of carbonyl (C=O) groups is 2. The molecule has 5 rings (SSSR count). The van der Waals surface area contributed by atoms with Gasteiger partial charge in [0, 0.05) is 30.7 Å². The van der Waals surface area contributed by atoms with Crippen LogP contribution < -0.4 is 0 Å². The van der Waals surface area contributed by atoms with Crippen LogP contribution in [-0.4, -0.2) is 59.8 Å². The third-order valence-electron chi connectivity index (χ3n) is 5.79. The minimum absolute atomic E-state index is 0.0756. The molecule has 9 nitrogen and oxygen atoms in total. The molecule has 1 amide bonds. The summed E-state index contributed by atoms with van der Waals surface area (Å²) in [5, 5.41) is 16.6. The molecule has 12 heteroatoms. The van der Waals surface area contributed by atoms with E-state index in [-0.39, 0.29) is 5.91 Å². The van der Waals surface area contributed by atoms with Gasteiger partial charge in [0.1, 0.15) is 5.82 Å². The monoisotopic (exact) mass is 536 g/mol. The highest BCUT2D eigenvalue weighted by Crippen LogP contribution is 2.26. The van der Waals surface area contributed by atoms with Crippen molar-refractivity contribution >= 4 is 33.9 Å². The number of aliphatic carboxylic acids is 1. The van der Waals surface area contributed by atoms with Crippen molar-refractivity contribution in [1.82, 2.24) is 29.6 Å². The Kier molecular flexibility index (Phi) is 7.84. The van der Waals surface area contributed by atoms with Crippen molar-refractivity contribution in [2.24, 2.45) is 0 Å². The van der Waals surface area contributed by atoms with E-state index in [9.17, 15) is 18.0 Å². The highest BCUT2D eigenvalue weighted by molar-refractivity contribution is 6.05. The summed E-state index contributed by atoms with van der Waals surface area (Å²) in [4.78, 5) is 32.6. The molecule has 1 N–H and O–H groups in total. The van der Waals surface area contributed by atoms with E-state index >= 15 is 0 Å². The molecule has 0 unspecified atom stereocenters. The molecule has 0 saturated carbocycles. The maximum atomic E-state index is 13.1. The lowest BCUT2D eigenvalue weighted by atomic mass is 10.1. The van der Waals surface area contributed by atoms with Crippen molar-refractivity contribution in [3.05, 3.63) is 95.6 Å². The average Bonchev–Trinajstić information content (AvgIpc) is 3.24. The first kappa shape index (κ1) is 27.2. The Balaban J connectivity index is 0.000000448. The van der Waals surface area contributed by atoms with Gasteiger partial charge < -0.3 is 14.6 Å². The molecule has 3 aromatic heterocycles. The Morgan fingerprint density at radius 3 is 2.33 bits per heavy atom. The number of hydrogen-bond acceptors (Lipinski definition) is 6. The van der Waals surface area contributed by atoms with E-state index in [0.29, 0.717) is 24.3 Å². The van der Waals surface area contributed by atoms with Crippen LogP contribution in [0, 0.1) is 6.92 Å². The van der Waals surface area contributed by atoms with Gasteiger partial charge in [-0.05, 0) is 42.8 Å². The molecule has 0 aliphatic rings. The largest absolute Gasteiger partial charge is 0.490 e. The smallest absolute Gasteiger partial charge is 0.475 e. The molecule has 0 fully saturated rings. The molecule has 5 aromatic rings. The first-order chi connectivity index (χ1) is 18.5. The summed E-state index contributed by atoms with van der Waals surface area (Å²) in [5.74, 6) is -1.98. The zero-order valence-corrected chi connectivity index (χ0v) is 20.9. The lowest BCUT2D eigenvalue weighted by Gasteiger charge is -2.17. The van der Waals surface area contributed by atoms with Gasteiger partial charge >= 0.3 is 12.1 Å². The van der Waals surface area contributed by atoms with Crippen LogP contribution in [-0.2, 0) is 17.9 Å². The highest BCUT2D eigenvalue weighted by atomic mass is 19.4. The molecule has 39 heavy (non-hydrogen) atoms. The Labute approximate surface area is 220 Å². The molecule has 0 aliphatic heterocycles. The van der Waals surface area contributed by atoms with Gasteiger partial charge in [0.25, 0.3) is 5.91 Å². The molecule has 0 atom stereocenters. The fraction of sp³-hybridized carbons (Fsp3) is 0.185. The Morgan fingerprint density at radius 1 is 1.00 bits per heavy atom. The first-order valence-electron chi connectivity index (χ1n) is 11.7. The number of nitrogens with zero attached hydrogens (tertiary/aromatic N) is 6. The van der Waals surface area contributed by atoms with Crippen molar-refractivity contribution < 1.29 is 27.9 Å². The predicted octanol–water partition coefficient (Wildman–Crippen LogP) is 4.64. The summed E-state index contributed by atoms with van der Waals surface area (Å²) in [5.41, 5.74) is 4.80. The second-order valence-electron chi connectivity index (χ2n) is 8.62. The molecular formula is C27H23F3N6O3. The van der Waals surface area contributed by atoms with Crippen molar-refractivity contribution in [1.29, 1.82) is 0 Å². The second kappa shape index (κ2) is 11.3. The topological polar surface area (TPSA) is 114 Å². The molecule has 200 valence electrons. The minimum Gasteiger partial charge on any atom is -0.475 e. The van der Waals surface area contributed by atoms with E-state index in [4.69, 9.17) is 9.90 Å². The van der Waals surface area contributed by atoms with E-state index in [2.05, 4.69) is 36.9 Å². The molecule has 0 radical (unpaired) electrons. The molecule has 0 aliphatic carbocycles. The van der Waals surface area contributed by atoms with Gasteiger partial charge in [-0.1, -0.05) is 36.4 Å². The number of fused-ring (bicyclic) bond motifs is 3. The molecule has 0 saturated heterocycles. The number of carbonyl (C=O) groups excluding carboxylic acids is 1. The Bertz CT molecular complexity index is 1620. The van der Waals surface area contributed by atoms with Gasteiger partial charge in [-0.15, -0.1) is 10.2 Å². The maximum absolute atomic E-state index is 13.1. The van der Waals surface area contributed by atoms with Gasteiger partial charge in [0.15, 0.2) is 0 Å². The second-order valence-corrected chi connectivity index (χ2v) is 8.62. The lowest BCUT2D eigenvalue weighted by molar-refractivity contribution is -0.192. The molecular weight excluding hydrogens is 513 g/mol. The summed E-state index contributed by atoms with van der Waals surface area (Å²) in [6, 6.07) is 21.5. The number of hydrogen-bond donors (Lipinski definition) is 1. The van der Waals surface area contributed by atoms with Crippen LogP contribution >= 0.6 is 0 Å². The van der Waals surface area contributed by atoms with E-state index in [1.807, 2.05) is 55.5 Å². The third-order valence-corrected chi connectivity index (χ3v) is 5.79. The van der Waals surface area contributed by atoms with Crippen molar-refractivity contribution in [3.63, 3.8) is 0 Å². The van der Waals surface area contributed by atoms with Gasteiger partial charge in [-0.2, -0.15) is 13.2 Å². The van der Waals surface area contributed by atoms with Gasteiger partial charge in [-0.3, -0.25) is 9.78 Å². The van der Waals surface area contributed by atoms with Crippen LogP contribution in [0.15, 0.2) is 72.9 Å². The third kappa shape index (κ3) is 6.35. The summed E-state index contributed by atoms with van der Waals surface area (Å²) in [6.45, 7) is 3.07. The fourth-order valence-electron chi connectivity index (χ4n) is 3.92. The van der Waals surface area contributed by atoms with Gasteiger partial charge in [-0.25, -0.2) is 9.78 Å². The SMILES string of the molecule is Cc1nc2nnc3ccc(C(=O)N(C)Cc4ccccn4)cc3c2n1Cc1ccccc1.O=C(O)C(F)(F)F. The average molecular weight is 537 g/mol. The van der Waals surface area contributed by atoms with Crippen LogP contribution in [0.2, 0.25) is 0 Å². The Hall–Kier alpha value is -4.87. The van der Waals surface area contributed by atoms with Crippen LogP contribution in [0.4, 0.5) is 13.2 Å². The number of amides is 1. The highest BCUT2D eigenvalue weighted by Gasteiger charge is 2.38. The number of imidazole rings is 1. The van der Waals surface area contributed by atoms with Crippen molar-refractivity contribution in [3.8, 4) is 0 Å². The number of carboxylic acid groups (broad SMARTS) is 1. The van der Waals surface area contributed by atoms with E-state index < -0.39 is 12.1 Å². The summed E-state index contributed by atoms with van der Waals surface area (Å²) >= 11 is 0. The van der Waals surface area contributed by atoms with Crippen molar-refractivity contribution in [2.75, 3.05) is 7.05 Å². The van der Waals surface area contributed by atoms with E-state index in [0.717, 1.165) is 27.9 Å². The lowest BCUT2D eigenvalue weighted by Crippen LogP contribution is -2.26. The zero-order chi connectivity index (χ0) is 28.2. The summed E-state index contributed by atoms with van der Waals surface area (Å²) in [7, 11) is 1.78. The number of halogens is 3. The normalized spacial score (nSPS) is 11.2. The van der Waals surface area contributed by atoms with E-state index in [1.165, 1.54) is 5.56 Å². The predicted molar refractivity (Wildman–Crippen MR) is 137 cm³/mol. The number of carboxylic acids is 1. The number of benzene rings is 2.